The molecule has 0 saturated heterocycles. The number of aromatic nitrogens is 2. The molecule has 0 aliphatic carbocycles. The lowest BCUT2D eigenvalue weighted by Crippen LogP contribution is -2.14. The second kappa shape index (κ2) is 5.56. The highest BCUT2D eigenvalue weighted by Crippen LogP contribution is 2.20. The van der Waals surface area contributed by atoms with Crippen molar-refractivity contribution in [1.82, 2.24) is 9.55 Å². The fraction of sp³-hybridized carbons (Fsp3) is 0.214. The topological polar surface area (TPSA) is 87.5 Å². The highest BCUT2D eigenvalue weighted by atomic mass is 16.3. The molecule has 0 aliphatic heterocycles. The van der Waals surface area contributed by atoms with Crippen LogP contribution in [-0.2, 0) is 13.0 Å². The predicted molar refractivity (Wildman–Crippen MR) is 76.1 cm³/mol. The third-order valence-corrected chi connectivity index (χ3v) is 2.86. The van der Waals surface area contributed by atoms with E-state index in [1.165, 1.54) is 4.57 Å². The van der Waals surface area contributed by atoms with E-state index in [0.717, 1.165) is 11.1 Å². The van der Waals surface area contributed by atoms with Crippen LogP contribution < -0.4 is 5.69 Å². The number of benzene rings is 1. The van der Waals surface area contributed by atoms with Gasteiger partial charge in [0.05, 0.1) is 11.4 Å². The smallest absolute Gasteiger partial charge is 0.333 e. The van der Waals surface area contributed by atoms with Gasteiger partial charge in [0.2, 0.25) is 5.88 Å². The Kier molecular flexibility index (Phi) is 3.84. The molecular formula is C14H15N3O3. The van der Waals surface area contributed by atoms with Crippen molar-refractivity contribution in [2.45, 2.75) is 19.9 Å². The molecule has 2 aromatic rings. The molecule has 0 aliphatic rings. The van der Waals surface area contributed by atoms with E-state index >= 15 is 0 Å². The summed E-state index contributed by atoms with van der Waals surface area (Å²) >= 11 is 0. The number of hydrogen-bond donors (Lipinski definition) is 2. The summed E-state index contributed by atoms with van der Waals surface area (Å²) in [6.07, 6.45) is 0.404. The van der Waals surface area contributed by atoms with Crippen LogP contribution in [0.25, 0.3) is 5.69 Å². The number of aromatic hydroxyl groups is 1. The number of hydrogen-bond acceptors (Lipinski definition) is 4. The number of H-pyrrole nitrogens is 1. The minimum Gasteiger partial charge on any atom is -0.493 e. The lowest BCUT2D eigenvalue weighted by atomic mass is 10.2. The second-order valence-electron chi connectivity index (χ2n) is 4.66. The van der Waals surface area contributed by atoms with Gasteiger partial charge >= 0.3 is 5.69 Å². The first-order valence-corrected chi connectivity index (χ1v) is 6.08. The Hall–Kier alpha value is -2.63. The first-order valence-electron chi connectivity index (χ1n) is 6.08. The Morgan fingerprint density at radius 2 is 2.05 bits per heavy atom. The van der Waals surface area contributed by atoms with Crippen LogP contribution in [0.3, 0.4) is 0 Å². The molecule has 0 atom stereocenters. The standard InChI is InChI=1S/C14H15N3O3/c1-9(2)7-12-13(18)17(14(19)16-12)11-5-3-10(4-6-11)8-15-20/h3-6,18H,1,7-8H2,2H3,(H,16,19). The fourth-order valence-electron chi connectivity index (χ4n) is 1.96. The number of nitrogens with one attached hydrogen (secondary N) is 1. The monoisotopic (exact) mass is 273 g/mol. The van der Waals surface area contributed by atoms with Crippen molar-refractivity contribution in [2.75, 3.05) is 0 Å². The first-order chi connectivity index (χ1) is 9.52. The van der Waals surface area contributed by atoms with Gasteiger partial charge in [-0.15, -0.1) is 0 Å². The van der Waals surface area contributed by atoms with Gasteiger partial charge in [-0.25, -0.2) is 9.36 Å². The minimum absolute atomic E-state index is 0.0786. The Labute approximate surface area is 115 Å². The van der Waals surface area contributed by atoms with Crippen LogP contribution >= 0.6 is 0 Å². The maximum atomic E-state index is 11.9. The van der Waals surface area contributed by atoms with Gasteiger partial charge in [-0.05, 0) is 24.6 Å². The molecule has 1 aromatic heterocycles. The van der Waals surface area contributed by atoms with Crippen molar-refractivity contribution in [3.8, 4) is 11.6 Å². The highest BCUT2D eigenvalue weighted by Gasteiger charge is 2.14. The molecule has 6 heteroatoms. The predicted octanol–water partition coefficient (Wildman–Crippen LogP) is 2.26. The quantitative estimate of drug-likeness (QED) is 0.647. The van der Waals surface area contributed by atoms with Crippen molar-refractivity contribution in [2.24, 2.45) is 5.18 Å². The van der Waals surface area contributed by atoms with Gasteiger partial charge < -0.3 is 10.1 Å². The van der Waals surface area contributed by atoms with Gasteiger partial charge in [-0.2, -0.15) is 4.91 Å². The summed E-state index contributed by atoms with van der Waals surface area (Å²) in [6.45, 7) is 5.65. The van der Waals surface area contributed by atoms with Crippen molar-refractivity contribution >= 4 is 0 Å². The van der Waals surface area contributed by atoms with Gasteiger partial charge in [0.15, 0.2) is 0 Å². The van der Waals surface area contributed by atoms with Crippen LogP contribution in [0.5, 0.6) is 5.88 Å². The van der Waals surface area contributed by atoms with Crippen LogP contribution in [0, 0.1) is 4.91 Å². The molecule has 2 N–H and O–H groups in total. The van der Waals surface area contributed by atoms with Crippen LogP contribution in [-0.4, -0.2) is 14.7 Å². The van der Waals surface area contributed by atoms with Crippen LogP contribution in [0.15, 0.2) is 46.4 Å². The minimum atomic E-state index is -0.417. The van der Waals surface area contributed by atoms with E-state index in [-0.39, 0.29) is 12.4 Å². The van der Waals surface area contributed by atoms with Crippen molar-refractivity contribution in [3.63, 3.8) is 0 Å². The summed E-state index contributed by atoms with van der Waals surface area (Å²) in [7, 11) is 0. The molecule has 1 heterocycles. The maximum Gasteiger partial charge on any atom is 0.333 e. The summed E-state index contributed by atoms with van der Waals surface area (Å²) in [6, 6.07) is 6.68. The SMILES string of the molecule is C=C(C)Cc1[nH]c(=O)n(-c2ccc(CN=O)cc2)c1O. The third-order valence-electron chi connectivity index (χ3n) is 2.86. The lowest BCUT2D eigenvalue weighted by Gasteiger charge is -2.04. The van der Waals surface area contributed by atoms with Crippen molar-refractivity contribution in [1.29, 1.82) is 0 Å². The van der Waals surface area contributed by atoms with E-state index in [1.54, 1.807) is 24.3 Å². The average Bonchev–Trinajstić information content (AvgIpc) is 2.65. The van der Waals surface area contributed by atoms with E-state index < -0.39 is 5.69 Å². The van der Waals surface area contributed by atoms with Gasteiger partial charge in [0, 0.05) is 6.42 Å². The first kappa shape index (κ1) is 13.8. The molecule has 20 heavy (non-hydrogen) atoms. The fourth-order valence-corrected chi connectivity index (χ4v) is 1.96. The molecule has 6 nitrogen and oxygen atoms in total. The molecule has 0 amide bonds. The largest absolute Gasteiger partial charge is 0.493 e. The van der Waals surface area contributed by atoms with Crippen LogP contribution in [0.2, 0.25) is 0 Å². The number of nitroso groups, excluding NO2 is 1. The Morgan fingerprint density at radius 3 is 2.60 bits per heavy atom. The van der Waals surface area contributed by atoms with E-state index in [4.69, 9.17) is 0 Å². The highest BCUT2D eigenvalue weighted by molar-refractivity contribution is 5.40. The molecule has 0 spiro atoms. The average molecular weight is 273 g/mol. The maximum absolute atomic E-state index is 11.9. The number of nitrogens with zero attached hydrogens (tertiary/aromatic N) is 2. The van der Waals surface area contributed by atoms with Crippen LogP contribution in [0.4, 0.5) is 0 Å². The molecule has 104 valence electrons. The lowest BCUT2D eigenvalue weighted by molar-refractivity contribution is 0.435. The number of imidazole rings is 1. The summed E-state index contributed by atoms with van der Waals surface area (Å²) in [5.41, 5.74) is 2.11. The number of aromatic amines is 1. The Bertz CT molecular complexity index is 695. The summed E-state index contributed by atoms with van der Waals surface area (Å²) in [5.74, 6) is -0.126. The van der Waals surface area contributed by atoms with Gasteiger partial charge in [-0.1, -0.05) is 29.5 Å². The zero-order valence-electron chi connectivity index (χ0n) is 11.1. The van der Waals surface area contributed by atoms with E-state index in [1.807, 2.05) is 6.92 Å². The molecule has 0 unspecified atom stereocenters. The second-order valence-corrected chi connectivity index (χ2v) is 4.66. The van der Waals surface area contributed by atoms with Gasteiger partial charge in [-0.3, -0.25) is 0 Å². The summed E-state index contributed by atoms with van der Waals surface area (Å²) < 4.78 is 1.18. The van der Waals surface area contributed by atoms with Crippen molar-refractivity contribution < 1.29 is 5.11 Å². The summed E-state index contributed by atoms with van der Waals surface area (Å²) in [4.78, 5) is 24.7. The van der Waals surface area contributed by atoms with Gasteiger partial charge in [0.1, 0.15) is 6.54 Å². The molecule has 1 aromatic carbocycles. The third kappa shape index (κ3) is 2.69. The van der Waals surface area contributed by atoms with E-state index in [2.05, 4.69) is 16.7 Å². The number of allylic oxidation sites excluding steroid dienone is 1. The molecule has 0 radical (unpaired) electrons. The number of rotatable bonds is 5. The van der Waals surface area contributed by atoms with E-state index in [9.17, 15) is 14.8 Å². The Balaban J connectivity index is 2.42. The van der Waals surface area contributed by atoms with Crippen molar-refractivity contribution in [3.05, 3.63) is 63.1 Å². The zero-order chi connectivity index (χ0) is 14.7. The molecule has 0 fully saturated rings. The van der Waals surface area contributed by atoms with Crippen LogP contribution in [0.1, 0.15) is 18.2 Å². The Morgan fingerprint density at radius 1 is 1.40 bits per heavy atom. The summed E-state index contributed by atoms with van der Waals surface area (Å²) in [5, 5.41) is 12.9. The molecule has 0 bridgehead atoms. The van der Waals surface area contributed by atoms with E-state index in [0.29, 0.717) is 17.8 Å². The van der Waals surface area contributed by atoms with Gasteiger partial charge in [0.25, 0.3) is 0 Å². The normalized spacial score (nSPS) is 10.4. The zero-order valence-corrected chi connectivity index (χ0v) is 11.1. The molecule has 2 rings (SSSR count). The molecule has 0 saturated carbocycles. The molecular weight excluding hydrogens is 258 g/mol.